The van der Waals surface area contributed by atoms with Crippen molar-refractivity contribution in [3.05, 3.63) is 48.0 Å². The second-order valence-corrected chi connectivity index (χ2v) is 5.02. The van der Waals surface area contributed by atoms with Crippen molar-refractivity contribution in [2.24, 2.45) is 0 Å². The molecule has 3 amide bonds. The van der Waals surface area contributed by atoms with Gasteiger partial charge in [0.05, 0.1) is 6.54 Å². The molecule has 4 nitrogen and oxygen atoms in total. The molecule has 1 heterocycles. The van der Waals surface area contributed by atoms with Gasteiger partial charge in [-0.3, -0.25) is 9.69 Å². The van der Waals surface area contributed by atoms with Gasteiger partial charge in [0.2, 0.25) is 0 Å². The van der Waals surface area contributed by atoms with Gasteiger partial charge in [0.15, 0.2) is 0 Å². The SMILES string of the molecule is CCC1NC(=O)N(Cc2ccc3ccccc3c2)C1=O. The lowest BCUT2D eigenvalue weighted by Crippen LogP contribution is -2.30. The van der Waals surface area contributed by atoms with Gasteiger partial charge < -0.3 is 5.32 Å². The molecule has 1 atom stereocenters. The number of amides is 3. The Balaban J connectivity index is 1.86. The van der Waals surface area contributed by atoms with Gasteiger partial charge in [0, 0.05) is 0 Å². The lowest BCUT2D eigenvalue weighted by Gasteiger charge is -2.13. The van der Waals surface area contributed by atoms with Gasteiger partial charge in [-0.05, 0) is 28.8 Å². The Kier molecular flexibility index (Phi) is 3.14. The fourth-order valence-corrected chi connectivity index (χ4v) is 2.52. The molecule has 1 aliphatic heterocycles. The molecule has 2 aromatic carbocycles. The number of fused-ring (bicyclic) bond motifs is 1. The molecule has 4 heteroatoms. The summed E-state index contributed by atoms with van der Waals surface area (Å²) in [6.45, 7) is 2.22. The summed E-state index contributed by atoms with van der Waals surface area (Å²) in [5.41, 5.74) is 0.962. The van der Waals surface area contributed by atoms with E-state index in [4.69, 9.17) is 0 Å². The van der Waals surface area contributed by atoms with E-state index in [0.29, 0.717) is 13.0 Å². The van der Waals surface area contributed by atoms with Gasteiger partial charge in [0.1, 0.15) is 6.04 Å². The molecular formula is C16H16N2O2. The number of nitrogens with one attached hydrogen (secondary N) is 1. The van der Waals surface area contributed by atoms with Crippen molar-refractivity contribution >= 4 is 22.7 Å². The van der Waals surface area contributed by atoms with Crippen LogP contribution in [-0.2, 0) is 11.3 Å². The van der Waals surface area contributed by atoms with E-state index >= 15 is 0 Å². The Hall–Kier alpha value is -2.36. The number of hydrogen-bond acceptors (Lipinski definition) is 2. The minimum Gasteiger partial charge on any atom is -0.326 e. The molecule has 0 bridgehead atoms. The summed E-state index contributed by atoms with van der Waals surface area (Å²) < 4.78 is 0. The Morgan fingerprint density at radius 3 is 2.55 bits per heavy atom. The van der Waals surface area contributed by atoms with E-state index in [1.165, 1.54) is 4.90 Å². The second kappa shape index (κ2) is 4.96. The second-order valence-electron chi connectivity index (χ2n) is 5.02. The first kappa shape index (κ1) is 12.7. The molecule has 0 aromatic heterocycles. The maximum atomic E-state index is 12.1. The molecular weight excluding hydrogens is 252 g/mol. The van der Waals surface area contributed by atoms with E-state index < -0.39 is 0 Å². The van der Waals surface area contributed by atoms with Gasteiger partial charge in [-0.1, -0.05) is 43.3 Å². The van der Waals surface area contributed by atoms with Crippen LogP contribution in [-0.4, -0.2) is 22.9 Å². The largest absolute Gasteiger partial charge is 0.326 e. The molecule has 1 saturated heterocycles. The molecule has 0 saturated carbocycles. The highest BCUT2D eigenvalue weighted by molar-refractivity contribution is 6.04. The van der Waals surface area contributed by atoms with E-state index in [0.717, 1.165) is 16.3 Å². The molecule has 1 unspecified atom stereocenters. The average molecular weight is 268 g/mol. The number of benzene rings is 2. The number of nitrogens with zero attached hydrogens (tertiary/aromatic N) is 1. The Morgan fingerprint density at radius 1 is 1.10 bits per heavy atom. The highest BCUT2D eigenvalue weighted by atomic mass is 16.2. The fraction of sp³-hybridized carbons (Fsp3) is 0.250. The van der Waals surface area contributed by atoms with E-state index in [1.54, 1.807) is 0 Å². The smallest absolute Gasteiger partial charge is 0.325 e. The average Bonchev–Trinajstić information content (AvgIpc) is 2.74. The fourth-order valence-electron chi connectivity index (χ4n) is 2.52. The quantitative estimate of drug-likeness (QED) is 0.870. The van der Waals surface area contributed by atoms with Crippen LogP contribution in [0.25, 0.3) is 10.8 Å². The van der Waals surface area contributed by atoms with Crippen LogP contribution in [0.4, 0.5) is 4.79 Å². The summed E-state index contributed by atoms with van der Waals surface area (Å²) in [6.07, 6.45) is 0.624. The highest BCUT2D eigenvalue weighted by Gasteiger charge is 2.36. The molecule has 1 N–H and O–H groups in total. The van der Waals surface area contributed by atoms with Crippen LogP contribution < -0.4 is 5.32 Å². The van der Waals surface area contributed by atoms with E-state index in [9.17, 15) is 9.59 Å². The molecule has 0 spiro atoms. The third-order valence-corrected chi connectivity index (χ3v) is 3.67. The lowest BCUT2D eigenvalue weighted by atomic mass is 10.1. The van der Waals surface area contributed by atoms with Gasteiger partial charge in [-0.25, -0.2) is 4.79 Å². The zero-order valence-electron chi connectivity index (χ0n) is 11.3. The van der Waals surface area contributed by atoms with Crippen molar-refractivity contribution in [1.82, 2.24) is 10.2 Å². The maximum absolute atomic E-state index is 12.1. The molecule has 0 radical (unpaired) electrons. The van der Waals surface area contributed by atoms with Crippen LogP contribution in [0, 0.1) is 0 Å². The zero-order valence-corrected chi connectivity index (χ0v) is 11.3. The van der Waals surface area contributed by atoms with Crippen molar-refractivity contribution in [1.29, 1.82) is 0 Å². The predicted octanol–water partition coefficient (Wildman–Crippen LogP) is 2.67. The van der Waals surface area contributed by atoms with E-state index in [2.05, 4.69) is 5.32 Å². The predicted molar refractivity (Wildman–Crippen MR) is 77.1 cm³/mol. The molecule has 1 aliphatic rings. The Morgan fingerprint density at radius 2 is 1.85 bits per heavy atom. The van der Waals surface area contributed by atoms with E-state index in [1.807, 2.05) is 49.4 Å². The minimum absolute atomic E-state index is 0.134. The summed E-state index contributed by atoms with van der Waals surface area (Å²) in [4.78, 5) is 25.2. The summed E-state index contributed by atoms with van der Waals surface area (Å²) in [5.74, 6) is -0.134. The van der Waals surface area contributed by atoms with Crippen LogP contribution >= 0.6 is 0 Å². The molecule has 1 fully saturated rings. The number of rotatable bonds is 3. The number of carbonyl (C=O) groups is 2. The molecule has 20 heavy (non-hydrogen) atoms. The van der Waals surface area contributed by atoms with Crippen molar-refractivity contribution in [3.8, 4) is 0 Å². The lowest BCUT2D eigenvalue weighted by molar-refractivity contribution is -0.127. The first-order valence-electron chi connectivity index (χ1n) is 6.78. The van der Waals surface area contributed by atoms with Gasteiger partial charge in [-0.15, -0.1) is 0 Å². The van der Waals surface area contributed by atoms with Crippen LogP contribution in [0.2, 0.25) is 0 Å². The number of imide groups is 1. The zero-order chi connectivity index (χ0) is 14.1. The van der Waals surface area contributed by atoms with Crippen molar-refractivity contribution < 1.29 is 9.59 Å². The highest BCUT2D eigenvalue weighted by Crippen LogP contribution is 2.19. The summed E-state index contributed by atoms with van der Waals surface area (Å²) in [6, 6.07) is 13.4. The topological polar surface area (TPSA) is 49.4 Å². The third kappa shape index (κ3) is 2.13. The monoisotopic (exact) mass is 268 g/mol. The van der Waals surface area contributed by atoms with Crippen molar-refractivity contribution in [2.75, 3.05) is 0 Å². The standard InChI is InChI=1S/C16H16N2O2/c1-2-14-15(19)18(16(20)17-14)10-11-7-8-12-5-3-4-6-13(12)9-11/h3-9,14H,2,10H2,1H3,(H,17,20). The van der Waals surface area contributed by atoms with Crippen LogP contribution in [0.5, 0.6) is 0 Å². The Labute approximate surface area is 117 Å². The third-order valence-electron chi connectivity index (χ3n) is 3.67. The van der Waals surface area contributed by atoms with Gasteiger partial charge in [-0.2, -0.15) is 0 Å². The first-order chi connectivity index (χ1) is 9.69. The molecule has 0 aliphatic carbocycles. The normalized spacial score (nSPS) is 18.6. The maximum Gasteiger partial charge on any atom is 0.325 e. The van der Waals surface area contributed by atoms with Crippen molar-refractivity contribution in [2.45, 2.75) is 25.9 Å². The van der Waals surface area contributed by atoms with Gasteiger partial charge in [0.25, 0.3) is 5.91 Å². The molecule has 2 aromatic rings. The van der Waals surface area contributed by atoms with E-state index in [-0.39, 0.29) is 18.0 Å². The first-order valence-corrected chi connectivity index (χ1v) is 6.78. The summed E-state index contributed by atoms with van der Waals surface area (Å²) in [7, 11) is 0. The van der Waals surface area contributed by atoms with Crippen LogP contribution in [0.3, 0.4) is 0 Å². The molecule has 3 rings (SSSR count). The van der Waals surface area contributed by atoms with Crippen molar-refractivity contribution in [3.63, 3.8) is 0 Å². The molecule has 102 valence electrons. The summed E-state index contributed by atoms with van der Waals surface area (Å²) >= 11 is 0. The number of carbonyl (C=O) groups excluding carboxylic acids is 2. The minimum atomic E-state index is -0.372. The summed E-state index contributed by atoms with van der Waals surface area (Å²) in [5, 5.41) is 4.97. The van der Waals surface area contributed by atoms with Gasteiger partial charge >= 0.3 is 6.03 Å². The van der Waals surface area contributed by atoms with Crippen LogP contribution in [0.1, 0.15) is 18.9 Å². The Bertz CT molecular complexity index is 681. The number of urea groups is 1. The number of hydrogen-bond donors (Lipinski definition) is 1. The van der Waals surface area contributed by atoms with Crippen LogP contribution in [0.15, 0.2) is 42.5 Å².